The molecule has 2 nitrogen and oxygen atoms in total. The van der Waals surface area contributed by atoms with Crippen LogP contribution in [0.4, 0.5) is 0 Å². The van der Waals surface area contributed by atoms with Gasteiger partial charge in [0.2, 0.25) is 5.91 Å². The first kappa shape index (κ1) is 38.4. The van der Waals surface area contributed by atoms with E-state index in [1.165, 1.54) is 190 Å². The molecule has 0 heterocycles. The summed E-state index contributed by atoms with van der Waals surface area (Å²) in [6, 6.07) is 0. The molecule has 1 fully saturated rings. The van der Waals surface area contributed by atoms with Crippen LogP contribution in [0.15, 0.2) is 22.5 Å². The van der Waals surface area contributed by atoms with E-state index in [9.17, 15) is 0 Å². The average Bonchev–Trinajstić information content (AvgIpc) is 3.02. The number of nitrogens with zero attached hydrogens (tertiary/aromatic N) is 1. The predicted octanol–water partition coefficient (Wildman–Crippen LogP) is 14.4. The molecule has 3 aliphatic carbocycles. The molecule has 1 amide bonds. The standard InChI is InChI=1S/C43H77NO/c1-5-38-32-26-20-14-11-15-21-27-33-39(6-2)42(38)44(41-35-29-23-17-10-8-13-19-25-31-37(41)4)43(45)40-34-28-22-16-9-7-12-18-24-30-36(40)3/h36,38,40H,5-35H2,1-4H3/b41-37+,42-39+. The van der Waals surface area contributed by atoms with Crippen molar-refractivity contribution in [2.45, 2.75) is 227 Å². The molecule has 1 saturated carbocycles. The molecule has 45 heavy (non-hydrogen) atoms. The minimum atomic E-state index is 0.163. The van der Waals surface area contributed by atoms with Crippen LogP contribution in [0.1, 0.15) is 227 Å². The van der Waals surface area contributed by atoms with Gasteiger partial charge in [0.05, 0.1) is 0 Å². The van der Waals surface area contributed by atoms with E-state index in [1.54, 1.807) is 5.57 Å². The van der Waals surface area contributed by atoms with Gasteiger partial charge in [-0.1, -0.05) is 160 Å². The Bertz CT molecular complexity index is 867. The third kappa shape index (κ3) is 13.5. The lowest BCUT2D eigenvalue weighted by atomic mass is 9.81. The summed E-state index contributed by atoms with van der Waals surface area (Å²) in [5, 5.41) is 0. The highest BCUT2D eigenvalue weighted by Crippen LogP contribution is 2.40. The predicted molar refractivity (Wildman–Crippen MR) is 197 cm³/mol. The van der Waals surface area contributed by atoms with E-state index in [-0.39, 0.29) is 5.92 Å². The van der Waals surface area contributed by atoms with Crippen molar-refractivity contribution in [3.63, 3.8) is 0 Å². The van der Waals surface area contributed by atoms with Gasteiger partial charge < -0.3 is 0 Å². The highest BCUT2D eigenvalue weighted by Gasteiger charge is 2.36. The van der Waals surface area contributed by atoms with Gasteiger partial charge in [0.1, 0.15) is 0 Å². The third-order valence-electron chi connectivity index (χ3n) is 12.1. The van der Waals surface area contributed by atoms with E-state index in [0.717, 1.165) is 25.7 Å². The number of rotatable bonds is 5. The van der Waals surface area contributed by atoms with Crippen molar-refractivity contribution in [1.82, 2.24) is 4.90 Å². The van der Waals surface area contributed by atoms with Crippen LogP contribution in [0.3, 0.4) is 0 Å². The minimum absolute atomic E-state index is 0.163. The molecule has 0 N–H and O–H groups in total. The van der Waals surface area contributed by atoms with Crippen molar-refractivity contribution < 1.29 is 4.79 Å². The molecule has 3 aliphatic rings. The maximum absolute atomic E-state index is 15.6. The van der Waals surface area contributed by atoms with E-state index < -0.39 is 0 Å². The van der Waals surface area contributed by atoms with Gasteiger partial charge in [-0.3, -0.25) is 9.69 Å². The fraction of sp³-hybridized carbons (Fsp3) is 0.884. The van der Waals surface area contributed by atoms with Crippen molar-refractivity contribution >= 4 is 5.91 Å². The second-order valence-electron chi connectivity index (χ2n) is 15.7. The smallest absolute Gasteiger partial charge is 0.234 e. The van der Waals surface area contributed by atoms with Crippen LogP contribution < -0.4 is 0 Å². The van der Waals surface area contributed by atoms with Crippen LogP contribution >= 0.6 is 0 Å². The second kappa shape index (κ2) is 23.3. The van der Waals surface area contributed by atoms with Gasteiger partial charge in [-0.05, 0) is 89.4 Å². The first-order valence-electron chi connectivity index (χ1n) is 20.8. The average molecular weight is 624 g/mol. The monoisotopic (exact) mass is 624 g/mol. The summed E-state index contributed by atoms with van der Waals surface area (Å²) in [6.45, 7) is 9.70. The number of amides is 1. The van der Waals surface area contributed by atoms with Crippen molar-refractivity contribution in [1.29, 1.82) is 0 Å². The van der Waals surface area contributed by atoms with Crippen molar-refractivity contribution in [2.75, 3.05) is 0 Å². The van der Waals surface area contributed by atoms with E-state index in [4.69, 9.17) is 0 Å². The number of carbonyl (C=O) groups excluding carboxylic acids is 1. The normalized spacial score (nSPS) is 30.7. The van der Waals surface area contributed by atoms with Gasteiger partial charge >= 0.3 is 0 Å². The van der Waals surface area contributed by atoms with Crippen LogP contribution in [0.25, 0.3) is 0 Å². The number of carbonyl (C=O) groups is 1. The zero-order chi connectivity index (χ0) is 32.1. The third-order valence-corrected chi connectivity index (χ3v) is 12.1. The molecule has 0 saturated heterocycles. The van der Waals surface area contributed by atoms with Gasteiger partial charge in [-0.2, -0.15) is 0 Å². The van der Waals surface area contributed by atoms with Gasteiger partial charge in [0.25, 0.3) is 0 Å². The lowest BCUT2D eigenvalue weighted by Gasteiger charge is -2.39. The Kier molecular flexibility index (Phi) is 19.9. The topological polar surface area (TPSA) is 20.3 Å². The zero-order valence-electron chi connectivity index (χ0n) is 31.0. The van der Waals surface area contributed by atoms with E-state index in [2.05, 4.69) is 32.6 Å². The van der Waals surface area contributed by atoms with Crippen LogP contribution in [0.5, 0.6) is 0 Å². The van der Waals surface area contributed by atoms with Crippen molar-refractivity contribution in [2.24, 2.45) is 17.8 Å². The van der Waals surface area contributed by atoms with Crippen molar-refractivity contribution in [3.8, 4) is 0 Å². The fourth-order valence-corrected chi connectivity index (χ4v) is 8.97. The number of hydrogen-bond donors (Lipinski definition) is 0. The molecule has 3 atom stereocenters. The first-order chi connectivity index (χ1) is 22.1. The second-order valence-corrected chi connectivity index (χ2v) is 15.7. The number of allylic oxidation sites excluding steroid dienone is 4. The fourth-order valence-electron chi connectivity index (χ4n) is 8.97. The molecule has 260 valence electrons. The molecule has 0 aromatic carbocycles. The lowest BCUT2D eigenvalue weighted by molar-refractivity contribution is -0.134. The van der Waals surface area contributed by atoms with Gasteiger partial charge in [-0.25, -0.2) is 0 Å². The summed E-state index contributed by atoms with van der Waals surface area (Å²) < 4.78 is 0. The number of hydrogen-bond acceptors (Lipinski definition) is 1. The molecule has 3 unspecified atom stereocenters. The van der Waals surface area contributed by atoms with E-state index in [1.807, 2.05) is 0 Å². The summed E-state index contributed by atoms with van der Waals surface area (Å²) in [4.78, 5) is 18.1. The van der Waals surface area contributed by atoms with Crippen molar-refractivity contribution in [3.05, 3.63) is 22.5 Å². The molecule has 3 rings (SSSR count). The Morgan fingerprint density at radius 2 is 1.02 bits per heavy atom. The van der Waals surface area contributed by atoms with E-state index in [0.29, 0.717) is 17.7 Å². The van der Waals surface area contributed by atoms with E-state index >= 15 is 4.79 Å². The Hall–Kier alpha value is -1.05. The van der Waals surface area contributed by atoms with Crippen LogP contribution in [-0.4, -0.2) is 10.8 Å². The van der Waals surface area contributed by atoms with Gasteiger partial charge in [0, 0.05) is 17.3 Å². The molecule has 0 bridgehead atoms. The Morgan fingerprint density at radius 3 is 1.56 bits per heavy atom. The first-order valence-corrected chi connectivity index (χ1v) is 20.8. The summed E-state index contributed by atoms with van der Waals surface area (Å²) in [6.07, 6.45) is 40.2. The Labute approximate surface area is 282 Å². The molecule has 0 radical (unpaired) electrons. The molecule has 2 heteroatoms. The quantitative estimate of drug-likeness (QED) is 0.298. The molecule has 0 aliphatic heterocycles. The summed E-state index contributed by atoms with van der Waals surface area (Å²) in [7, 11) is 0. The Morgan fingerprint density at radius 1 is 0.578 bits per heavy atom. The summed E-state index contributed by atoms with van der Waals surface area (Å²) in [5.41, 5.74) is 6.12. The minimum Gasteiger partial charge on any atom is -0.288 e. The molecular formula is C43H77NO. The molecular weight excluding hydrogens is 546 g/mol. The van der Waals surface area contributed by atoms with Crippen LogP contribution in [0, 0.1) is 17.8 Å². The van der Waals surface area contributed by atoms with Gasteiger partial charge in [-0.15, -0.1) is 0 Å². The molecule has 0 aromatic rings. The molecule has 0 spiro atoms. The molecule has 0 aromatic heterocycles. The highest BCUT2D eigenvalue weighted by atomic mass is 16.2. The maximum Gasteiger partial charge on any atom is 0.234 e. The van der Waals surface area contributed by atoms with Gasteiger partial charge in [0.15, 0.2) is 0 Å². The summed E-state index contributed by atoms with van der Waals surface area (Å²) in [5.74, 6) is 1.65. The lowest BCUT2D eigenvalue weighted by Crippen LogP contribution is -2.41. The SMILES string of the molecule is CC/C1=C(\N(C(=O)C2CCCCCCCCCCC2C)/C2=C(\C)CCCCCCCCCC2)C(CC)CCCCCCCCC1. The highest BCUT2D eigenvalue weighted by molar-refractivity contribution is 5.83. The zero-order valence-corrected chi connectivity index (χ0v) is 31.0. The maximum atomic E-state index is 15.6. The Balaban J connectivity index is 2.14. The van der Waals surface area contributed by atoms with Crippen LogP contribution in [-0.2, 0) is 4.79 Å². The summed E-state index contributed by atoms with van der Waals surface area (Å²) >= 11 is 0. The van der Waals surface area contributed by atoms with Crippen LogP contribution in [0.2, 0.25) is 0 Å². The largest absolute Gasteiger partial charge is 0.288 e.